The Morgan fingerprint density at radius 3 is 2.30 bits per heavy atom. The molecule has 0 aliphatic carbocycles. The molecular weight excluding hydrogens is 582 g/mol. The number of ether oxygens (including phenoxy) is 3. The number of nitro benzene ring substituents is 1. The third-order valence-electron chi connectivity index (χ3n) is 5.68. The van der Waals surface area contributed by atoms with Crippen molar-refractivity contribution in [3.05, 3.63) is 82.4 Å². The van der Waals surface area contributed by atoms with Crippen LogP contribution in [0.15, 0.2) is 76.7 Å². The van der Waals surface area contributed by atoms with E-state index in [1.165, 1.54) is 50.8 Å². The molecule has 3 rings (SSSR count). The van der Waals surface area contributed by atoms with Crippen LogP contribution < -0.4 is 29.3 Å². The van der Waals surface area contributed by atoms with Crippen LogP contribution in [0.3, 0.4) is 0 Å². The van der Waals surface area contributed by atoms with Crippen molar-refractivity contribution in [1.29, 1.82) is 0 Å². The van der Waals surface area contributed by atoms with Crippen LogP contribution in [-0.4, -0.2) is 64.8 Å². The normalized spacial score (nSPS) is 11.2. The minimum absolute atomic E-state index is 0.00724. The Morgan fingerprint density at radius 2 is 1.67 bits per heavy atom. The standard InChI is InChI=1S/C28H31N5O9S/c1-19(2)30-28(35)18-42-21-11-9-20(10-12-21)16-29-31-27(34)17-32(23-14-13-22(40-3)15-25(23)41-4)43(38,39)26-8-6-5-7-24(26)33(36)37/h5-16,19H,17-18H2,1-4H3,(H,30,35)(H,31,34)/b29-16+. The first-order valence-corrected chi connectivity index (χ1v) is 14.2. The first-order valence-electron chi connectivity index (χ1n) is 12.8. The molecule has 0 aromatic heterocycles. The van der Waals surface area contributed by atoms with E-state index in [1.807, 2.05) is 13.8 Å². The minimum Gasteiger partial charge on any atom is -0.497 e. The van der Waals surface area contributed by atoms with Gasteiger partial charge in [-0.3, -0.25) is 24.0 Å². The lowest BCUT2D eigenvalue weighted by molar-refractivity contribution is -0.387. The van der Waals surface area contributed by atoms with E-state index in [0.717, 1.165) is 12.1 Å². The number of benzene rings is 3. The molecule has 14 nitrogen and oxygen atoms in total. The van der Waals surface area contributed by atoms with Gasteiger partial charge in [-0.05, 0) is 61.9 Å². The highest BCUT2D eigenvalue weighted by atomic mass is 32.2. The fourth-order valence-electron chi connectivity index (χ4n) is 3.74. The Balaban J connectivity index is 1.81. The second-order valence-electron chi connectivity index (χ2n) is 9.15. The molecule has 0 saturated carbocycles. The third kappa shape index (κ3) is 8.65. The van der Waals surface area contributed by atoms with Crippen molar-refractivity contribution in [2.24, 2.45) is 5.10 Å². The molecule has 0 spiro atoms. The zero-order valence-corrected chi connectivity index (χ0v) is 24.7. The zero-order chi connectivity index (χ0) is 31.6. The van der Waals surface area contributed by atoms with Crippen molar-refractivity contribution in [3.8, 4) is 17.2 Å². The number of methoxy groups -OCH3 is 2. The van der Waals surface area contributed by atoms with E-state index in [1.54, 1.807) is 24.3 Å². The average molecular weight is 614 g/mol. The number of rotatable bonds is 14. The van der Waals surface area contributed by atoms with Gasteiger partial charge in [-0.1, -0.05) is 12.1 Å². The van der Waals surface area contributed by atoms with Crippen molar-refractivity contribution in [2.45, 2.75) is 24.8 Å². The molecule has 0 aliphatic rings. The Bertz CT molecular complexity index is 1590. The molecule has 0 atom stereocenters. The second kappa shape index (κ2) is 14.6. The Kier molecular flexibility index (Phi) is 11.0. The van der Waals surface area contributed by atoms with Gasteiger partial charge in [0.2, 0.25) is 0 Å². The smallest absolute Gasteiger partial charge is 0.289 e. The number of hydrazone groups is 1. The molecule has 3 aromatic rings. The van der Waals surface area contributed by atoms with Gasteiger partial charge >= 0.3 is 0 Å². The summed E-state index contributed by atoms with van der Waals surface area (Å²) in [5.41, 5.74) is 2.12. The molecule has 2 amide bonds. The second-order valence-corrected chi connectivity index (χ2v) is 11.0. The van der Waals surface area contributed by atoms with Crippen LogP contribution in [0, 0.1) is 10.1 Å². The van der Waals surface area contributed by atoms with Gasteiger partial charge in [0.25, 0.3) is 27.5 Å². The van der Waals surface area contributed by atoms with E-state index in [0.29, 0.717) is 21.4 Å². The van der Waals surface area contributed by atoms with Crippen LogP contribution in [0.2, 0.25) is 0 Å². The molecular formula is C28H31N5O9S. The van der Waals surface area contributed by atoms with E-state index >= 15 is 0 Å². The summed E-state index contributed by atoms with van der Waals surface area (Å²) in [5, 5.41) is 18.2. The van der Waals surface area contributed by atoms with Gasteiger partial charge in [-0.25, -0.2) is 13.8 Å². The van der Waals surface area contributed by atoms with Gasteiger partial charge < -0.3 is 19.5 Å². The maximum Gasteiger partial charge on any atom is 0.289 e. The number of hydrogen-bond acceptors (Lipinski definition) is 10. The van der Waals surface area contributed by atoms with Crippen LogP contribution in [-0.2, 0) is 19.6 Å². The number of anilines is 1. The molecule has 0 unspecified atom stereocenters. The summed E-state index contributed by atoms with van der Waals surface area (Å²) in [6.45, 7) is 2.74. The maximum absolute atomic E-state index is 13.8. The number of sulfonamides is 1. The van der Waals surface area contributed by atoms with Crippen LogP contribution in [0.25, 0.3) is 0 Å². The summed E-state index contributed by atoms with van der Waals surface area (Å²) in [6.07, 6.45) is 1.32. The first kappa shape index (κ1) is 32.3. The van der Waals surface area contributed by atoms with Gasteiger partial charge in [0.1, 0.15) is 23.8 Å². The summed E-state index contributed by atoms with van der Waals surface area (Å²) >= 11 is 0. The van der Waals surface area contributed by atoms with Crippen molar-refractivity contribution < 1.29 is 37.1 Å². The summed E-state index contributed by atoms with van der Waals surface area (Å²) in [4.78, 5) is 34.8. The van der Waals surface area contributed by atoms with Crippen LogP contribution in [0.5, 0.6) is 17.2 Å². The number of nitro groups is 1. The zero-order valence-electron chi connectivity index (χ0n) is 23.8. The Labute approximate surface area is 248 Å². The Hall–Kier alpha value is -5.18. The molecule has 0 heterocycles. The van der Waals surface area contributed by atoms with Crippen LogP contribution >= 0.6 is 0 Å². The molecule has 2 N–H and O–H groups in total. The number of amides is 2. The fraction of sp³-hybridized carbons (Fsp3) is 0.250. The van der Waals surface area contributed by atoms with Crippen LogP contribution in [0.4, 0.5) is 11.4 Å². The quantitative estimate of drug-likeness (QED) is 0.157. The number of nitrogens with one attached hydrogen (secondary N) is 2. The monoisotopic (exact) mass is 613 g/mol. The molecule has 0 fully saturated rings. The topological polar surface area (TPSA) is 179 Å². The predicted octanol–water partition coefficient (Wildman–Crippen LogP) is 2.86. The highest BCUT2D eigenvalue weighted by Crippen LogP contribution is 2.37. The number of nitrogens with zero attached hydrogens (tertiary/aromatic N) is 3. The SMILES string of the molecule is COc1ccc(N(CC(=O)N/N=C/c2ccc(OCC(=O)NC(C)C)cc2)S(=O)(=O)c2ccccc2[N+](=O)[O-])c(OC)c1. The summed E-state index contributed by atoms with van der Waals surface area (Å²) in [6, 6.07) is 15.5. The summed E-state index contributed by atoms with van der Waals surface area (Å²) in [5.74, 6) is -0.250. The molecule has 3 aromatic carbocycles. The largest absolute Gasteiger partial charge is 0.497 e. The molecule has 0 saturated heterocycles. The van der Waals surface area contributed by atoms with E-state index in [4.69, 9.17) is 14.2 Å². The van der Waals surface area contributed by atoms with Crippen molar-refractivity contribution in [1.82, 2.24) is 10.7 Å². The fourth-order valence-corrected chi connectivity index (χ4v) is 5.33. The first-order chi connectivity index (χ1) is 20.5. The lowest BCUT2D eigenvalue weighted by Gasteiger charge is -2.25. The molecule has 43 heavy (non-hydrogen) atoms. The van der Waals surface area contributed by atoms with Gasteiger partial charge in [0.15, 0.2) is 11.5 Å². The molecule has 0 aliphatic heterocycles. The summed E-state index contributed by atoms with van der Waals surface area (Å²) in [7, 11) is -1.95. The maximum atomic E-state index is 13.8. The third-order valence-corrected chi connectivity index (χ3v) is 7.48. The van der Waals surface area contributed by atoms with Crippen LogP contribution in [0.1, 0.15) is 19.4 Å². The highest BCUT2D eigenvalue weighted by molar-refractivity contribution is 7.93. The average Bonchev–Trinajstić information content (AvgIpc) is 2.98. The lowest BCUT2D eigenvalue weighted by atomic mass is 10.2. The van der Waals surface area contributed by atoms with Gasteiger partial charge in [0.05, 0.1) is 31.0 Å². The number of para-hydroxylation sites is 1. The predicted molar refractivity (Wildman–Crippen MR) is 158 cm³/mol. The molecule has 0 bridgehead atoms. The molecule has 228 valence electrons. The minimum atomic E-state index is -4.66. The van der Waals surface area contributed by atoms with Crippen molar-refractivity contribution in [2.75, 3.05) is 31.7 Å². The van der Waals surface area contributed by atoms with Gasteiger partial charge in [-0.15, -0.1) is 0 Å². The van der Waals surface area contributed by atoms with E-state index in [9.17, 15) is 28.1 Å². The Morgan fingerprint density at radius 1 is 1.00 bits per heavy atom. The van der Waals surface area contributed by atoms with Crippen molar-refractivity contribution in [3.63, 3.8) is 0 Å². The molecule has 15 heteroatoms. The lowest BCUT2D eigenvalue weighted by Crippen LogP contribution is -2.40. The molecule has 0 radical (unpaired) electrons. The van der Waals surface area contributed by atoms with Crippen molar-refractivity contribution >= 4 is 39.4 Å². The summed E-state index contributed by atoms with van der Waals surface area (Å²) < 4.78 is 44.2. The van der Waals surface area contributed by atoms with E-state index in [2.05, 4.69) is 15.8 Å². The number of carbonyl (C=O) groups is 2. The number of carbonyl (C=O) groups excluding carboxylic acids is 2. The van der Waals surface area contributed by atoms with Gasteiger partial charge in [0, 0.05) is 18.2 Å². The van der Waals surface area contributed by atoms with E-state index < -0.39 is 38.0 Å². The van der Waals surface area contributed by atoms with E-state index in [-0.39, 0.29) is 30.0 Å². The number of hydrogen-bond donors (Lipinski definition) is 2. The highest BCUT2D eigenvalue weighted by Gasteiger charge is 2.34. The van der Waals surface area contributed by atoms with Gasteiger partial charge in [-0.2, -0.15) is 5.10 Å².